The number of aromatic nitrogens is 1. The number of fused-ring (bicyclic) bond motifs is 1. The summed E-state index contributed by atoms with van der Waals surface area (Å²) in [4.78, 5) is 21.3. The smallest absolute Gasteiger partial charge is 0.257 e. The van der Waals surface area contributed by atoms with Crippen molar-refractivity contribution >= 4 is 17.6 Å². The van der Waals surface area contributed by atoms with E-state index in [1.54, 1.807) is 48.8 Å². The van der Waals surface area contributed by atoms with Crippen LogP contribution in [-0.2, 0) is 6.54 Å². The van der Waals surface area contributed by atoms with Crippen molar-refractivity contribution in [1.29, 1.82) is 0 Å². The van der Waals surface area contributed by atoms with Crippen molar-refractivity contribution in [3.63, 3.8) is 0 Å². The Morgan fingerprint density at radius 1 is 1.06 bits per heavy atom. The summed E-state index contributed by atoms with van der Waals surface area (Å²) in [5, 5.41) is 6.00. The SMILES string of the molecule is CCOc1ccc(C(=O)NC(=NCc2ccncc2)Nc2ccc3c(c2)OCO3)cc1. The van der Waals surface area contributed by atoms with Crippen molar-refractivity contribution in [2.75, 3.05) is 18.7 Å². The van der Waals surface area contributed by atoms with E-state index >= 15 is 0 Å². The number of anilines is 1. The van der Waals surface area contributed by atoms with Gasteiger partial charge in [-0.2, -0.15) is 0 Å². The van der Waals surface area contributed by atoms with E-state index in [1.807, 2.05) is 25.1 Å². The zero-order chi connectivity index (χ0) is 21.5. The van der Waals surface area contributed by atoms with Gasteiger partial charge in [-0.1, -0.05) is 0 Å². The summed E-state index contributed by atoms with van der Waals surface area (Å²) in [6.07, 6.45) is 3.41. The standard InChI is InChI=1S/C23H22N4O4/c1-2-29-19-6-3-17(4-7-19)22(28)27-23(25-14-16-9-11-24-12-10-16)26-18-5-8-20-21(13-18)31-15-30-20/h3-13H,2,14-15H2,1H3,(H2,25,26,27,28). The van der Waals surface area contributed by atoms with Gasteiger partial charge >= 0.3 is 0 Å². The van der Waals surface area contributed by atoms with Gasteiger partial charge in [-0.05, 0) is 61.0 Å². The number of carbonyl (C=O) groups is 1. The number of nitrogens with one attached hydrogen (secondary N) is 2. The topological polar surface area (TPSA) is 94.1 Å². The van der Waals surface area contributed by atoms with Gasteiger partial charge in [-0.3, -0.25) is 15.1 Å². The van der Waals surface area contributed by atoms with Crippen LogP contribution in [0.2, 0.25) is 0 Å². The molecule has 1 aliphatic rings. The summed E-state index contributed by atoms with van der Waals surface area (Å²) in [6, 6.07) is 16.1. The fourth-order valence-corrected chi connectivity index (χ4v) is 2.93. The number of nitrogens with zero attached hydrogens (tertiary/aromatic N) is 2. The highest BCUT2D eigenvalue weighted by Crippen LogP contribution is 2.34. The first kappa shape index (κ1) is 20.2. The van der Waals surface area contributed by atoms with E-state index in [0.717, 1.165) is 5.56 Å². The minimum atomic E-state index is -0.287. The maximum Gasteiger partial charge on any atom is 0.257 e. The molecule has 1 aliphatic heterocycles. The molecular weight excluding hydrogens is 396 g/mol. The van der Waals surface area contributed by atoms with Crippen molar-refractivity contribution in [2.45, 2.75) is 13.5 Å². The number of hydrogen-bond donors (Lipinski definition) is 2. The number of ether oxygens (including phenoxy) is 3. The maximum absolute atomic E-state index is 12.8. The Balaban J connectivity index is 1.52. The van der Waals surface area contributed by atoms with Crippen LogP contribution in [0.15, 0.2) is 72.0 Å². The molecule has 0 saturated carbocycles. The van der Waals surface area contributed by atoms with Crippen LogP contribution in [0.25, 0.3) is 0 Å². The van der Waals surface area contributed by atoms with Gasteiger partial charge in [0.1, 0.15) is 5.75 Å². The van der Waals surface area contributed by atoms with Gasteiger partial charge in [-0.25, -0.2) is 4.99 Å². The first-order valence-corrected chi connectivity index (χ1v) is 9.85. The van der Waals surface area contributed by atoms with Gasteiger partial charge in [0.15, 0.2) is 11.5 Å². The quantitative estimate of drug-likeness (QED) is 0.469. The van der Waals surface area contributed by atoms with Crippen LogP contribution in [0.4, 0.5) is 5.69 Å². The fourth-order valence-electron chi connectivity index (χ4n) is 2.93. The predicted octanol–water partition coefficient (Wildman–Crippen LogP) is 3.61. The Hall–Kier alpha value is -4.07. The highest BCUT2D eigenvalue weighted by molar-refractivity contribution is 6.10. The minimum Gasteiger partial charge on any atom is -0.494 e. The first-order valence-electron chi connectivity index (χ1n) is 9.85. The number of guanidine groups is 1. The van der Waals surface area contributed by atoms with E-state index < -0.39 is 0 Å². The highest BCUT2D eigenvalue weighted by atomic mass is 16.7. The molecule has 0 saturated heterocycles. The molecule has 158 valence electrons. The summed E-state index contributed by atoms with van der Waals surface area (Å²) in [7, 11) is 0. The molecule has 2 N–H and O–H groups in total. The Bertz CT molecular complexity index is 1070. The maximum atomic E-state index is 12.8. The average molecular weight is 418 g/mol. The molecule has 0 atom stereocenters. The van der Waals surface area contributed by atoms with Crippen LogP contribution in [0.1, 0.15) is 22.8 Å². The first-order chi connectivity index (χ1) is 15.2. The number of amides is 1. The number of hydrogen-bond acceptors (Lipinski definition) is 6. The zero-order valence-electron chi connectivity index (χ0n) is 17.0. The van der Waals surface area contributed by atoms with E-state index in [-0.39, 0.29) is 12.7 Å². The van der Waals surface area contributed by atoms with Crippen LogP contribution in [0, 0.1) is 0 Å². The molecule has 2 aromatic carbocycles. The molecule has 0 aliphatic carbocycles. The van der Waals surface area contributed by atoms with Gasteiger partial charge in [0, 0.05) is 29.7 Å². The fraction of sp³-hybridized carbons (Fsp3) is 0.174. The van der Waals surface area contributed by atoms with Gasteiger partial charge in [-0.15, -0.1) is 0 Å². The third-order valence-corrected chi connectivity index (χ3v) is 4.46. The summed E-state index contributed by atoms with van der Waals surface area (Å²) < 4.78 is 16.2. The summed E-state index contributed by atoms with van der Waals surface area (Å²) >= 11 is 0. The third-order valence-electron chi connectivity index (χ3n) is 4.46. The molecule has 0 unspecified atom stereocenters. The summed E-state index contributed by atoms with van der Waals surface area (Å²) in [5.41, 5.74) is 2.17. The third kappa shape index (κ3) is 5.30. The van der Waals surface area contributed by atoms with E-state index in [2.05, 4.69) is 20.6 Å². The largest absolute Gasteiger partial charge is 0.494 e. The van der Waals surface area contributed by atoms with Crippen molar-refractivity contribution in [2.24, 2.45) is 4.99 Å². The molecule has 1 amide bonds. The lowest BCUT2D eigenvalue weighted by Crippen LogP contribution is -2.36. The van der Waals surface area contributed by atoms with E-state index in [9.17, 15) is 4.79 Å². The van der Waals surface area contributed by atoms with Crippen LogP contribution < -0.4 is 24.8 Å². The lowest BCUT2D eigenvalue weighted by atomic mass is 10.2. The number of rotatable bonds is 6. The Morgan fingerprint density at radius 3 is 2.61 bits per heavy atom. The molecule has 8 heteroatoms. The van der Waals surface area contributed by atoms with Gasteiger partial charge in [0.05, 0.1) is 13.2 Å². The number of pyridine rings is 1. The van der Waals surface area contributed by atoms with Crippen LogP contribution >= 0.6 is 0 Å². The Labute approximate surface area is 179 Å². The van der Waals surface area contributed by atoms with Crippen molar-refractivity contribution in [3.8, 4) is 17.2 Å². The van der Waals surface area contributed by atoms with E-state index in [1.165, 1.54) is 0 Å². The monoisotopic (exact) mass is 418 g/mol. The molecule has 8 nitrogen and oxygen atoms in total. The molecule has 2 heterocycles. The average Bonchev–Trinajstić information content (AvgIpc) is 3.27. The summed E-state index contributed by atoms with van der Waals surface area (Å²) in [6.45, 7) is 3.04. The molecule has 31 heavy (non-hydrogen) atoms. The Kier molecular flexibility index (Phi) is 6.27. The second-order valence-corrected chi connectivity index (χ2v) is 6.62. The lowest BCUT2D eigenvalue weighted by Gasteiger charge is -2.13. The van der Waals surface area contributed by atoms with Gasteiger partial charge in [0.2, 0.25) is 12.8 Å². The normalized spacial score (nSPS) is 12.4. The highest BCUT2D eigenvalue weighted by Gasteiger charge is 2.15. The van der Waals surface area contributed by atoms with Crippen LogP contribution in [0.3, 0.4) is 0 Å². The minimum absolute atomic E-state index is 0.191. The predicted molar refractivity (Wildman–Crippen MR) is 117 cm³/mol. The molecule has 0 radical (unpaired) electrons. The van der Waals surface area contributed by atoms with Crippen molar-refractivity contribution in [3.05, 3.63) is 78.1 Å². The van der Waals surface area contributed by atoms with Crippen molar-refractivity contribution < 1.29 is 19.0 Å². The van der Waals surface area contributed by atoms with Crippen LogP contribution in [-0.4, -0.2) is 30.3 Å². The zero-order valence-corrected chi connectivity index (χ0v) is 17.0. The molecule has 3 aromatic rings. The van der Waals surface area contributed by atoms with Gasteiger partial charge < -0.3 is 19.5 Å². The lowest BCUT2D eigenvalue weighted by molar-refractivity contribution is 0.0977. The van der Waals surface area contributed by atoms with Crippen LogP contribution in [0.5, 0.6) is 17.2 Å². The molecule has 4 rings (SSSR count). The molecule has 0 bridgehead atoms. The number of carbonyl (C=O) groups excluding carboxylic acids is 1. The molecule has 0 spiro atoms. The van der Waals surface area contributed by atoms with Crippen molar-refractivity contribution in [1.82, 2.24) is 10.3 Å². The molecular formula is C23H22N4O4. The van der Waals surface area contributed by atoms with Gasteiger partial charge in [0.25, 0.3) is 5.91 Å². The second-order valence-electron chi connectivity index (χ2n) is 6.62. The Morgan fingerprint density at radius 2 is 1.84 bits per heavy atom. The molecule has 0 fully saturated rings. The number of benzene rings is 2. The molecule has 1 aromatic heterocycles. The summed E-state index contributed by atoms with van der Waals surface area (Å²) in [5.74, 6) is 2.05. The number of aliphatic imine (C=N–C) groups is 1. The van der Waals surface area contributed by atoms with E-state index in [4.69, 9.17) is 14.2 Å². The van der Waals surface area contributed by atoms with E-state index in [0.29, 0.717) is 47.6 Å². The second kappa shape index (κ2) is 9.62.